The predicted octanol–water partition coefficient (Wildman–Crippen LogP) is 2.41. The molecule has 0 saturated carbocycles. The minimum absolute atomic E-state index is 0.0781. The highest BCUT2D eigenvalue weighted by atomic mass is 19.1. The van der Waals surface area contributed by atoms with E-state index in [1.54, 1.807) is 19.1 Å². The third-order valence-electron chi connectivity index (χ3n) is 2.89. The molecule has 0 aliphatic carbocycles. The van der Waals surface area contributed by atoms with E-state index in [0.717, 1.165) is 6.42 Å². The number of carbonyl (C=O) groups is 1. The summed E-state index contributed by atoms with van der Waals surface area (Å²) in [6.07, 6.45) is 0.835. The van der Waals surface area contributed by atoms with Gasteiger partial charge >= 0.3 is 0 Å². The Morgan fingerprint density at radius 2 is 2.16 bits per heavy atom. The highest BCUT2D eigenvalue weighted by molar-refractivity contribution is 5.84. The molecule has 0 bridgehead atoms. The molecule has 2 N–H and O–H groups in total. The quantitative estimate of drug-likeness (QED) is 0.857. The molecule has 0 aromatic heterocycles. The molecule has 5 heteroatoms. The minimum Gasteiger partial charge on any atom is -0.373 e. The Hall–Kier alpha value is -2.09. The lowest BCUT2D eigenvalue weighted by molar-refractivity contribution is -0.122. The molecule has 0 radical (unpaired) electrons. The Kier molecular flexibility index (Phi) is 5.31. The fourth-order valence-electron chi connectivity index (χ4n) is 1.53. The second-order valence-electron chi connectivity index (χ2n) is 4.46. The first-order chi connectivity index (χ1) is 8.99. The van der Waals surface area contributed by atoms with Crippen molar-refractivity contribution in [3.63, 3.8) is 0 Å². The van der Waals surface area contributed by atoms with E-state index in [0.29, 0.717) is 5.69 Å². The molecule has 2 atom stereocenters. The molecule has 4 nitrogen and oxygen atoms in total. The van der Waals surface area contributed by atoms with Crippen molar-refractivity contribution >= 4 is 11.6 Å². The number of nitrogens with zero attached hydrogens (tertiary/aromatic N) is 1. The van der Waals surface area contributed by atoms with Crippen LogP contribution in [0.5, 0.6) is 0 Å². The predicted molar refractivity (Wildman–Crippen MR) is 72.1 cm³/mol. The summed E-state index contributed by atoms with van der Waals surface area (Å²) in [6.45, 7) is 5.56. The van der Waals surface area contributed by atoms with Crippen LogP contribution in [0.4, 0.5) is 10.1 Å². The van der Waals surface area contributed by atoms with E-state index in [-0.39, 0.29) is 17.5 Å². The summed E-state index contributed by atoms with van der Waals surface area (Å²) in [6, 6.07) is 5.63. The van der Waals surface area contributed by atoms with Crippen molar-refractivity contribution in [2.24, 2.45) is 0 Å². The van der Waals surface area contributed by atoms with Crippen LogP contribution in [-0.4, -0.2) is 18.0 Å². The van der Waals surface area contributed by atoms with Gasteiger partial charge in [0.25, 0.3) is 0 Å². The van der Waals surface area contributed by atoms with Crippen molar-refractivity contribution in [2.75, 3.05) is 5.32 Å². The van der Waals surface area contributed by atoms with Gasteiger partial charge in [0.2, 0.25) is 5.91 Å². The molecule has 0 aliphatic rings. The summed E-state index contributed by atoms with van der Waals surface area (Å²) in [5.74, 6) is -0.774. The van der Waals surface area contributed by atoms with E-state index in [4.69, 9.17) is 5.26 Å². The molecule has 1 rings (SSSR count). The standard InChI is InChI=1S/C14H18FN3O/c1-4-9(2)17-14(19)10(3)18-13-7-5-6-12(15)11(13)8-16/h5-7,9-10,18H,4H2,1-3H3,(H,17,19). The summed E-state index contributed by atoms with van der Waals surface area (Å²) in [5, 5.41) is 14.6. The topological polar surface area (TPSA) is 64.9 Å². The van der Waals surface area contributed by atoms with E-state index < -0.39 is 11.9 Å². The maximum absolute atomic E-state index is 13.4. The van der Waals surface area contributed by atoms with Crippen LogP contribution in [0.2, 0.25) is 0 Å². The van der Waals surface area contributed by atoms with E-state index in [1.807, 2.05) is 13.8 Å². The average Bonchev–Trinajstić information content (AvgIpc) is 2.38. The molecule has 19 heavy (non-hydrogen) atoms. The van der Waals surface area contributed by atoms with E-state index in [1.165, 1.54) is 12.1 Å². The summed E-state index contributed by atoms with van der Waals surface area (Å²) < 4.78 is 13.4. The van der Waals surface area contributed by atoms with Crippen molar-refractivity contribution in [1.82, 2.24) is 5.32 Å². The van der Waals surface area contributed by atoms with Crippen molar-refractivity contribution < 1.29 is 9.18 Å². The van der Waals surface area contributed by atoms with Crippen LogP contribution in [-0.2, 0) is 4.79 Å². The number of nitrogens with one attached hydrogen (secondary N) is 2. The Bertz CT molecular complexity index is 496. The number of anilines is 1. The minimum atomic E-state index is -0.595. The maximum Gasteiger partial charge on any atom is 0.242 e. The zero-order chi connectivity index (χ0) is 14.4. The van der Waals surface area contributed by atoms with Gasteiger partial charge in [0.1, 0.15) is 23.5 Å². The SMILES string of the molecule is CCC(C)NC(=O)C(C)Nc1cccc(F)c1C#N. The van der Waals surface area contributed by atoms with Crippen LogP contribution in [0, 0.1) is 17.1 Å². The highest BCUT2D eigenvalue weighted by Crippen LogP contribution is 2.18. The van der Waals surface area contributed by atoms with Crippen LogP contribution in [0.3, 0.4) is 0 Å². The molecule has 0 spiro atoms. The second-order valence-corrected chi connectivity index (χ2v) is 4.46. The number of hydrogen-bond acceptors (Lipinski definition) is 3. The van der Waals surface area contributed by atoms with Gasteiger partial charge in [-0.05, 0) is 32.4 Å². The molecule has 2 unspecified atom stereocenters. The number of halogens is 1. The van der Waals surface area contributed by atoms with Crippen LogP contribution in [0.15, 0.2) is 18.2 Å². The smallest absolute Gasteiger partial charge is 0.242 e. The van der Waals surface area contributed by atoms with Gasteiger partial charge in [-0.1, -0.05) is 13.0 Å². The van der Waals surface area contributed by atoms with Gasteiger partial charge in [-0.25, -0.2) is 4.39 Å². The average molecular weight is 263 g/mol. The van der Waals surface area contributed by atoms with Crippen molar-refractivity contribution in [3.8, 4) is 6.07 Å². The third kappa shape index (κ3) is 3.95. The van der Waals surface area contributed by atoms with Crippen molar-refractivity contribution in [3.05, 3.63) is 29.6 Å². The Morgan fingerprint density at radius 1 is 1.47 bits per heavy atom. The molecule has 102 valence electrons. The zero-order valence-electron chi connectivity index (χ0n) is 11.3. The van der Waals surface area contributed by atoms with Gasteiger partial charge in [0.15, 0.2) is 0 Å². The number of benzene rings is 1. The molecule has 0 aliphatic heterocycles. The summed E-state index contributed by atoms with van der Waals surface area (Å²) in [5.41, 5.74) is 0.250. The Morgan fingerprint density at radius 3 is 2.74 bits per heavy atom. The zero-order valence-corrected chi connectivity index (χ0v) is 11.3. The van der Waals surface area contributed by atoms with Gasteiger partial charge in [-0.2, -0.15) is 5.26 Å². The molecule has 0 heterocycles. The monoisotopic (exact) mass is 263 g/mol. The first-order valence-corrected chi connectivity index (χ1v) is 6.25. The number of amides is 1. The number of rotatable bonds is 5. The van der Waals surface area contributed by atoms with Crippen LogP contribution >= 0.6 is 0 Å². The van der Waals surface area contributed by atoms with Gasteiger partial charge in [0, 0.05) is 6.04 Å². The third-order valence-corrected chi connectivity index (χ3v) is 2.89. The molecular weight excluding hydrogens is 245 g/mol. The van der Waals surface area contributed by atoms with E-state index >= 15 is 0 Å². The first-order valence-electron chi connectivity index (χ1n) is 6.25. The first kappa shape index (κ1) is 15.0. The Labute approximate surface area is 112 Å². The van der Waals surface area contributed by atoms with Gasteiger partial charge in [-0.3, -0.25) is 4.79 Å². The van der Waals surface area contributed by atoms with Crippen molar-refractivity contribution in [1.29, 1.82) is 5.26 Å². The summed E-state index contributed by atoms with van der Waals surface area (Å²) in [7, 11) is 0. The second kappa shape index (κ2) is 6.74. The molecule has 1 amide bonds. The fourth-order valence-corrected chi connectivity index (χ4v) is 1.53. The summed E-state index contributed by atoms with van der Waals surface area (Å²) >= 11 is 0. The largest absolute Gasteiger partial charge is 0.373 e. The van der Waals surface area contributed by atoms with Crippen molar-refractivity contribution in [2.45, 2.75) is 39.3 Å². The van der Waals surface area contributed by atoms with Gasteiger partial charge in [0.05, 0.1) is 5.69 Å². The number of hydrogen-bond donors (Lipinski definition) is 2. The fraction of sp³-hybridized carbons (Fsp3) is 0.429. The maximum atomic E-state index is 13.4. The molecule has 1 aromatic rings. The summed E-state index contributed by atoms with van der Waals surface area (Å²) in [4.78, 5) is 11.9. The van der Waals surface area contributed by atoms with Crippen LogP contribution in [0.1, 0.15) is 32.8 Å². The normalized spacial score (nSPS) is 13.2. The molecular formula is C14H18FN3O. The molecule has 1 aromatic carbocycles. The highest BCUT2D eigenvalue weighted by Gasteiger charge is 2.16. The number of carbonyl (C=O) groups excluding carboxylic acids is 1. The van der Waals surface area contributed by atoms with Crippen LogP contribution < -0.4 is 10.6 Å². The lowest BCUT2D eigenvalue weighted by Crippen LogP contribution is -2.42. The van der Waals surface area contributed by atoms with Gasteiger partial charge in [-0.15, -0.1) is 0 Å². The lowest BCUT2D eigenvalue weighted by Gasteiger charge is -2.19. The van der Waals surface area contributed by atoms with E-state index in [9.17, 15) is 9.18 Å². The van der Waals surface area contributed by atoms with E-state index in [2.05, 4.69) is 10.6 Å². The molecule has 0 fully saturated rings. The number of nitriles is 1. The Balaban J connectivity index is 2.78. The molecule has 0 saturated heterocycles. The van der Waals surface area contributed by atoms with Crippen LogP contribution in [0.25, 0.3) is 0 Å². The van der Waals surface area contributed by atoms with Gasteiger partial charge < -0.3 is 10.6 Å². The lowest BCUT2D eigenvalue weighted by atomic mass is 10.1.